The standard InChI is InChI=1S/C16H24N2O2.ClH/c19-16(15-9-6-11-17-15)18-10-4-5-12-20-13-14-7-2-1-3-8-14;/h1-3,7-8,15,17H,4-6,9-13H2,(H,18,19);1H. The third kappa shape index (κ3) is 6.93. The molecule has 4 nitrogen and oxygen atoms in total. The predicted molar refractivity (Wildman–Crippen MR) is 86.6 cm³/mol. The van der Waals surface area contributed by atoms with E-state index < -0.39 is 0 Å². The van der Waals surface area contributed by atoms with Gasteiger partial charge >= 0.3 is 0 Å². The van der Waals surface area contributed by atoms with Crippen LogP contribution in [0.5, 0.6) is 0 Å². The topological polar surface area (TPSA) is 50.4 Å². The molecular weight excluding hydrogens is 288 g/mol. The number of nitrogens with one attached hydrogen (secondary N) is 2. The molecule has 1 atom stereocenters. The van der Waals surface area contributed by atoms with Crippen LogP contribution in [0.3, 0.4) is 0 Å². The van der Waals surface area contributed by atoms with Gasteiger partial charge in [-0.15, -0.1) is 12.4 Å². The zero-order valence-electron chi connectivity index (χ0n) is 12.3. The number of hydrogen-bond acceptors (Lipinski definition) is 3. The first-order chi connectivity index (χ1) is 9.86. The van der Waals surface area contributed by atoms with Crippen molar-refractivity contribution in [2.45, 2.75) is 38.3 Å². The molecule has 1 saturated heterocycles. The lowest BCUT2D eigenvalue weighted by Crippen LogP contribution is -2.40. The van der Waals surface area contributed by atoms with E-state index in [4.69, 9.17) is 4.74 Å². The van der Waals surface area contributed by atoms with Gasteiger partial charge in [0.15, 0.2) is 0 Å². The molecule has 0 spiro atoms. The van der Waals surface area contributed by atoms with E-state index in [1.807, 2.05) is 18.2 Å². The monoisotopic (exact) mass is 312 g/mol. The number of amides is 1. The number of benzene rings is 1. The van der Waals surface area contributed by atoms with Gasteiger partial charge in [-0.25, -0.2) is 0 Å². The van der Waals surface area contributed by atoms with E-state index in [1.165, 1.54) is 5.56 Å². The summed E-state index contributed by atoms with van der Waals surface area (Å²) in [7, 11) is 0. The second kappa shape index (κ2) is 10.6. The van der Waals surface area contributed by atoms with Crippen molar-refractivity contribution in [3.8, 4) is 0 Å². The molecule has 2 N–H and O–H groups in total. The molecule has 2 rings (SSSR count). The Balaban J connectivity index is 0.00000220. The van der Waals surface area contributed by atoms with Gasteiger partial charge in [-0.2, -0.15) is 0 Å². The molecule has 1 aromatic rings. The highest BCUT2D eigenvalue weighted by Gasteiger charge is 2.20. The van der Waals surface area contributed by atoms with Gasteiger partial charge in [-0.05, 0) is 37.8 Å². The van der Waals surface area contributed by atoms with Crippen LogP contribution < -0.4 is 10.6 Å². The van der Waals surface area contributed by atoms with Gasteiger partial charge in [-0.3, -0.25) is 4.79 Å². The number of rotatable bonds is 8. The second-order valence-corrected chi connectivity index (χ2v) is 5.19. The van der Waals surface area contributed by atoms with Crippen molar-refractivity contribution < 1.29 is 9.53 Å². The minimum atomic E-state index is 0. The van der Waals surface area contributed by atoms with E-state index in [2.05, 4.69) is 22.8 Å². The van der Waals surface area contributed by atoms with Gasteiger partial charge in [0.25, 0.3) is 0 Å². The molecule has 0 bridgehead atoms. The summed E-state index contributed by atoms with van der Waals surface area (Å²) in [5, 5.41) is 6.18. The Hall–Kier alpha value is -1.10. The summed E-state index contributed by atoms with van der Waals surface area (Å²) in [6.45, 7) is 3.11. The Labute approximate surface area is 133 Å². The zero-order valence-corrected chi connectivity index (χ0v) is 13.2. The molecule has 21 heavy (non-hydrogen) atoms. The van der Waals surface area contributed by atoms with Crippen LogP contribution in [0.15, 0.2) is 30.3 Å². The molecule has 1 aromatic carbocycles. The smallest absolute Gasteiger partial charge is 0.237 e. The van der Waals surface area contributed by atoms with Crippen molar-refractivity contribution in [3.05, 3.63) is 35.9 Å². The largest absolute Gasteiger partial charge is 0.377 e. The van der Waals surface area contributed by atoms with Crippen LogP contribution in [0.1, 0.15) is 31.2 Å². The van der Waals surface area contributed by atoms with Gasteiger partial charge < -0.3 is 15.4 Å². The molecule has 1 aliphatic heterocycles. The molecule has 0 aliphatic carbocycles. The molecule has 0 radical (unpaired) electrons. The lowest BCUT2D eigenvalue weighted by Gasteiger charge is -2.10. The summed E-state index contributed by atoms with van der Waals surface area (Å²) in [4.78, 5) is 11.7. The number of hydrogen-bond donors (Lipinski definition) is 2. The lowest BCUT2D eigenvalue weighted by molar-refractivity contribution is -0.122. The van der Waals surface area contributed by atoms with E-state index in [1.54, 1.807) is 0 Å². The molecule has 0 aromatic heterocycles. The summed E-state index contributed by atoms with van der Waals surface area (Å²) in [6.07, 6.45) is 4.01. The van der Waals surface area contributed by atoms with Gasteiger partial charge in [0, 0.05) is 13.2 Å². The highest BCUT2D eigenvalue weighted by molar-refractivity contribution is 5.85. The average molecular weight is 313 g/mol. The summed E-state index contributed by atoms with van der Waals surface area (Å²) in [6, 6.07) is 10.2. The van der Waals surface area contributed by atoms with Crippen molar-refractivity contribution in [2.24, 2.45) is 0 Å². The van der Waals surface area contributed by atoms with Gasteiger partial charge in [0.05, 0.1) is 12.6 Å². The molecule has 1 unspecified atom stereocenters. The molecule has 1 aliphatic rings. The van der Waals surface area contributed by atoms with E-state index in [0.29, 0.717) is 6.61 Å². The molecule has 1 amide bonds. The fourth-order valence-electron chi connectivity index (χ4n) is 2.34. The van der Waals surface area contributed by atoms with Gasteiger partial charge in [0.1, 0.15) is 0 Å². The zero-order chi connectivity index (χ0) is 14.0. The van der Waals surface area contributed by atoms with Crippen LogP contribution in [0.2, 0.25) is 0 Å². The predicted octanol–water partition coefficient (Wildman–Crippen LogP) is 2.27. The second-order valence-electron chi connectivity index (χ2n) is 5.19. The van der Waals surface area contributed by atoms with Crippen molar-refractivity contribution in [2.75, 3.05) is 19.7 Å². The Bertz CT molecular complexity index is 395. The maximum absolute atomic E-state index is 11.7. The molecule has 118 valence electrons. The third-order valence-electron chi connectivity index (χ3n) is 3.50. The van der Waals surface area contributed by atoms with Crippen LogP contribution in [0.25, 0.3) is 0 Å². The fourth-order valence-corrected chi connectivity index (χ4v) is 2.34. The number of halogens is 1. The minimum Gasteiger partial charge on any atom is -0.377 e. The van der Waals surface area contributed by atoms with Crippen LogP contribution >= 0.6 is 12.4 Å². The van der Waals surface area contributed by atoms with Crippen molar-refractivity contribution >= 4 is 18.3 Å². The van der Waals surface area contributed by atoms with Gasteiger partial charge in [0.2, 0.25) is 5.91 Å². The van der Waals surface area contributed by atoms with Gasteiger partial charge in [-0.1, -0.05) is 30.3 Å². The maximum Gasteiger partial charge on any atom is 0.237 e. The third-order valence-corrected chi connectivity index (χ3v) is 3.50. The Morgan fingerprint density at radius 1 is 1.29 bits per heavy atom. The normalized spacial score (nSPS) is 17.2. The average Bonchev–Trinajstić information content (AvgIpc) is 3.01. The minimum absolute atomic E-state index is 0. The number of unbranched alkanes of at least 4 members (excludes halogenated alkanes) is 1. The first-order valence-corrected chi connectivity index (χ1v) is 7.49. The molecular formula is C16H25ClN2O2. The summed E-state index contributed by atoms with van der Waals surface area (Å²) >= 11 is 0. The molecule has 1 heterocycles. The number of carbonyl (C=O) groups excluding carboxylic acids is 1. The highest BCUT2D eigenvalue weighted by Crippen LogP contribution is 2.04. The van der Waals surface area contributed by atoms with Crippen LogP contribution in [0.4, 0.5) is 0 Å². The van der Waals surface area contributed by atoms with Crippen molar-refractivity contribution in [1.82, 2.24) is 10.6 Å². The van der Waals surface area contributed by atoms with Crippen LogP contribution in [-0.2, 0) is 16.1 Å². The van der Waals surface area contributed by atoms with Crippen LogP contribution in [0, 0.1) is 0 Å². The highest BCUT2D eigenvalue weighted by atomic mass is 35.5. The summed E-state index contributed by atoms with van der Waals surface area (Å²) in [5.41, 5.74) is 1.20. The quantitative estimate of drug-likeness (QED) is 0.724. The Morgan fingerprint density at radius 3 is 2.81 bits per heavy atom. The van der Waals surface area contributed by atoms with E-state index in [-0.39, 0.29) is 24.4 Å². The van der Waals surface area contributed by atoms with E-state index in [0.717, 1.165) is 45.4 Å². The first-order valence-electron chi connectivity index (χ1n) is 7.49. The lowest BCUT2D eigenvalue weighted by atomic mass is 10.2. The SMILES string of the molecule is Cl.O=C(NCCCCOCc1ccccc1)C1CCCN1. The van der Waals surface area contributed by atoms with Crippen molar-refractivity contribution in [1.29, 1.82) is 0 Å². The molecule has 5 heteroatoms. The van der Waals surface area contributed by atoms with E-state index in [9.17, 15) is 4.79 Å². The van der Waals surface area contributed by atoms with Crippen molar-refractivity contribution in [3.63, 3.8) is 0 Å². The number of carbonyl (C=O) groups is 1. The first kappa shape index (κ1) is 18.0. The number of ether oxygens (including phenoxy) is 1. The van der Waals surface area contributed by atoms with Crippen LogP contribution in [-0.4, -0.2) is 31.6 Å². The maximum atomic E-state index is 11.7. The summed E-state index contributed by atoms with van der Waals surface area (Å²) in [5.74, 6) is 0.146. The fraction of sp³-hybridized carbons (Fsp3) is 0.562. The van der Waals surface area contributed by atoms with E-state index >= 15 is 0 Å². The Morgan fingerprint density at radius 2 is 2.10 bits per heavy atom. The summed E-state index contributed by atoms with van der Waals surface area (Å²) < 4.78 is 5.60. The Kier molecular flexibility index (Phi) is 9.06. The molecule has 1 fully saturated rings. The molecule has 0 saturated carbocycles.